The molecule has 2 rings (SSSR count). The number of rotatable bonds is 5. The van der Waals surface area contributed by atoms with Gasteiger partial charge in [0.05, 0.1) is 24.5 Å². The Morgan fingerprint density at radius 3 is 2.89 bits per heavy atom. The monoisotopic (exact) mass is 247 g/mol. The van der Waals surface area contributed by atoms with Crippen LogP contribution in [0.5, 0.6) is 5.75 Å². The summed E-state index contributed by atoms with van der Waals surface area (Å²) in [6, 6.07) is 7.42. The Labute approximate surface area is 106 Å². The van der Waals surface area contributed by atoms with Crippen molar-refractivity contribution in [2.24, 2.45) is 0 Å². The van der Waals surface area contributed by atoms with Crippen molar-refractivity contribution in [2.45, 2.75) is 26.5 Å². The van der Waals surface area contributed by atoms with Crippen LogP contribution in [-0.4, -0.2) is 11.3 Å². The third kappa shape index (κ3) is 3.16. The van der Waals surface area contributed by atoms with Crippen molar-refractivity contribution in [3.63, 3.8) is 0 Å². The van der Waals surface area contributed by atoms with Crippen molar-refractivity contribution < 1.29 is 9.26 Å². The molecule has 0 fully saturated rings. The lowest BCUT2D eigenvalue weighted by Gasteiger charge is -2.13. The highest BCUT2D eigenvalue weighted by Gasteiger charge is 2.05. The van der Waals surface area contributed by atoms with Crippen molar-refractivity contribution >= 4 is 11.4 Å². The van der Waals surface area contributed by atoms with Crippen LogP contribution in [0.25, 0.3) is 0 Å². The molecule has 0 amide bonds. The van der Waals surface area contributed by atoms with Crippen molar-refractivity contribution in [2.75, 3.05) is 11.1 Å². The first kappa shape index (κ1) is 12.3. The van der Waals surface area contributed by atoms with Crippen LogP contribution in [0.4, 0.5) is 11.4 Å². The van der Waals surface area contributed by atoms with Gasteiger partial charge in [0.1, 0.15) is 5.75 Å². The summed E-state index contributed by atoms with van der Waals surface area (Å²) in [5.41, 5.74) is 7.41. The standard InChI is InChI=1S/C13H17N3O2/c1-9(2)17-13-7-10(3-4-12(13)14)15-8-11-5-6-16-18-11/h3-7,9,15H,8,14H2,1-2H3. The van der Waals surface area contributed by atoms with E-state index in [2.05, 4.69) is 10.5 Å². The predicted octanol–water partition coefficient (Wildman–Crippen LogP) is 2.66. The molecular weight excluding hydrogens is 230 g/mol. The highest BCUT2D eigenvalue weighted by atomic mass is 16.5. The van der Waals surface area contributed by atoms with Crippen LogP contribution < -0.4 is 15.8 Å². The van der Waals surface area contributed by atoms with Gasteiger partial charge in [0.15, 0.2) is 5.76 Å². The van der Waals surface area contributed by atoms with Crippen molar-refractivity contribution in [1.29, 1.82) is 0 Å². The summed E-state index contributed by atoms with van der Waals surface area (Å²) in [5, 5.41) is 6.86. The molecule has 2 aromatic rings. The number of nitrogens with one attached hydrogen (secondary N) is 1. The fraction of sp³-hybridized carbons (Fsp3) is 0.308. The molecule has 0 saturated heterocycles. The number of nitrogens with two attached hydrogens (primary N) is 1. The second-order valence-electron chi connectivity index (χ2n) is 4.25. The molecule has 0 aliphatic rings. The summed E-state index contributed by atoms with van der Waals surface area (Å²) in [6.45, 7) is 4.51. The summed E-state index contributed by atoms with van der Waals surface area (Å²) in [6.07, 6.45) is 1.71. The first-order valence-corrected chi connectivity index (χ1v) is 5.85. The number of aromatic nitrogens is 1. The van der Waals surface area contributed by atoms with Crippen molar-refractivity contribution in [1.82, 2.24) is 5.16 Å². The van der Waals surface area contributed by atoms with E-state index in [4.69, 9.17) is 15.0 Å². The second-order valence-corrected chi connectivity index (χ2v) is 4.25. The zero-order chi connectivity index (χ0) is 13.0. The average Bonchev–Trinajstić information content (AvgIpc) is 2.82. The Kier molecular flexibility index (Phi) is 3.72. The van der Waals surface area contributed by atoms with Crippen molar-refractivity contribution in [3.05, 3.63) is 36.2 Å². The van der Waals surface area contributed by atoms with Crippen LogP contribution in [-0.2, 0) is 6.54 Å². The fourth-order valence-electron chi connectivity index (χ4n) is 1.52. The highest BCUT2D eigenvalue weighted by molar-refractivity contribution is 5.61. The number of benzene rings is 1. The first-order chi connectivity index (χ1) is 8.65. The van der Waals surface area contributed by atoms with E-state index in [1.165, 1.54) is 0 Å². The van der Waals surface area contributed by atoms with Gasteiger partial charge in [0, 0.05) is 17.8 Å². The van der Waals surface area contributed by atoms with E-state index in [1.54, 1.807) is 6.20 Å². The molecule has 0 aliphatic heterocycles. The van der Waals surface area contributed by atoms with Crippen LogP contribution in [0.1, 0.15) is 19.6 Å². The summed E-state index contributed by atoms with van der Waals surface area (Å²) in [7, 11) is 0. The minimum atomic E-state index is 0.0943. The molecule has 0 atom stereocenters. The van der Waals surface area contributed by atoms with E-state index in [9.17, 15) is 0 Å². The Hall–Kier alpha value is -2.17. The Balaban J connectivity index is 2.04. The number of hydrogen-bond acceptors (Lipinski definition) is 5. The summed E-state index contributed by atoms with van der Waals surface area (Å²) in [5.74, 6) is 1.46. The van der Waals surface area contributed by atoms with Gasteiger partial charge in [0.25, 0.3) is 0 Å². The van der Waals surface area contributed by atoms with Crippen LogP contribution in [0, 0.1) is 0 Å². The number of nitrogens with zero attached hydrogens (tertiary/aromatic N) is 1. The van der Waals surface area contributed by atoms with E-state index < -0.39 is 0 Å². The maximum atomic E-state index is 5.85. The number of anilines is 2. The Morgan fingerprint density at radius 2 is 2.22 bits per heavy atom. The molecule has 0 unspecified atom stereocenters. The van der Waals surface area contributed by atoms with Crippen LogP contribution in [0.15, 0.2) is 35.0 Å². The lowest BCUT2D eigenvalue weighted by atomic mass is 10.2. The highest BCUT2D eigenvalue weighted by Crippen LogP contribution is 2.26. The number of hydrogen-bond donors (Lipinski definition) is 2. The Morgan fingerprint density at radius 1 is 1.39 bits per heavy atom. The summed E-state index contributed by atoms with van der Waals surface area (Å²) >= 11 is 0. The van der Waals surface area contributed by atoms with Crippen molar-refractivity contribution in [3.8, 4) is 5.75 Å². The predicted molar refractivity (Wildman–Crippen MR) is 70.4 cm³/mol. The minimum Gasteiger partial charge on any atom is -0.489 e. The van der Waals surface area contributed by atoms with E-state index in [0.29, 0.717) is 18.0 Å². The van der Waals surface area contributed by atoms with Gasteiger partial charge in [-0.3, -0.25) is 0 Å². The van der Waals surface area contributed by atoms with E-state index in [1.807, 2.05) is 38.1 Å². The molecule has 18 heavy (non-hydrogen) atoms. The Bertz CT molecular complexity index is 495. The zero-order valence-corrected chi connectivity index (χ0v) is 10.5. The van der Waals surface area contributed by atoms with Gasteiger partial charge in [-0.15, -0.1) is 0 Å². The molecule has 0 spiro atoms. The van der Waals surface area contributed by atoms with E-state index in [-0.39, 0.29) is 6.10 Å². The zero-order valence-electron chi connectivity index (χ0n) is 10.5. The number of ether oxygens (including phenoxy) is 1. The van der Waals surface area contributed by atoms with Gasteiger partial charge in [-0.25, -0.2) is 0 Å². The van der Waals surface area contributed by atoms with Gasteiger partial charge in [0.2, 0.25) is 0 Å². The number of nitrogen functional groups attached to an aromatic ring is 1. The average molecular weight is 247 g/mol. The first-order valence-electron chi connectivity index (χ1n) is 5.85. The van der Waals surface area contributed by atoms with Gasteiger partial charge < -0.3 is 20.3 Å². The maximum Gasteiger partial charge on any atom is 0.155 e. The summed E-state index contributed by atoms with van der Waals surface area (Å²) < 4.78 is 10.6. The molecule has 0 bridgehead atoms. The molecule has 1 heterocycles. The smallest absolute Gasteiger partial charge is 0.155 e. The lowest BCUT2D eigenvalue weighted by Crippen LogP contribution is -2.08. The third-order valence-electron chi connectivity index (χ3n) is 2.33. The van der Waals surface area contributed by atoms with Gasteiger partial charge in [-0.05, 0) is 26.0 Å². The molecule has 1 aromatic carbocycles. The topological polar surface area (TPSA) is 73.3 Å². The molecule has 5 heteroatoms. The second kappa shape index (κ2) is 5.44. The molecule has 0 saturated carbocycles. The fourth-order valence-corrected chi connectivity index (χ4v) is 1.52. The van der Waals surface area contributed by atoms with Crippen LogP contribution >= 0.6 is 0 Å². The third-order valence-corrected chi connectivity index (χ3v) is 2.33. The summed E-state index contributed by atoms with van der Waals surface area (Å²) in [4.78, 5) is 0. The molecule has 0 aliphatic carbocycles. The molecule has 96 valence electrons. The molecule has 5 nitrogen and oxygen atoms in total. The molecule has 3 N–H and O–H groups in total. The van der Waals surface area contributed by atoms with Gasteiger partial charge in [-0.2, -0.15) is 0 Å². The minimum absolute atomic E-state index is 0.0943. The van der Waals surface area contributed by atoms with Crippen LogP contribution in [0.3, 0.4) is 0 Å². The SMILES string of the molecule is CC(C)Oc1cc(NCc2ccno2)ccc1N. The normalized spacial score (nSPS) is 10.6. The van der Waals surface area contributed by atoms with E-state index in [0.717, 1.165) is 11.4 Å². The molecular formula is C13H17N3O2. The van der Waals surface area contributed by atoms with E-state index >= 15 is 0 Å². The van der Waals surface area contributed by atoms with Gasteiger partial charge in [-0.1, -0.05) is 5.16 Å². The van der Waals surface area contributed by atoms with Gasteiger partial charge >= 0.3 is 0 Å². The lowest BCUT2D eigenvalue weighted by molar-refractivity contribution is 0.244. The quantitative estimate of drug-likeness (QED) is 0.794. The van der Waals surface area contributed by atoms with Crippen LogP contribution in [0.2, 0.25) is 0 Å². The maximum absolute atomic E-state index is 5.85. The molecule has 1 aromatic heterocycles. The largest absolute Gasteiger partial charge is 0.489 e. The molecule has 0 radical (unpaired) electrons.